The highest BCUT2D eigenvalue weighted by molar-refractivity contribution is 5.63. The highest BCUT2D eigenvalue weighted by Gasteiger charge is 2.74. The van der Waals surface area contributed by atoms with Gasteiger partial charge in [-0.15, -0.1) is 6.58 Å². The van der Waals surface area contributed by atoms with Crippen LogP contribution in [0.3, 0.4) is 0 Å². The first kappa shape index (κ1) is 21.2. The summed E-state index contributed by atoms with van der Waals surface area (Å²) in [6.45, 7) is 8.36. The monoisotopic (exact) mass is 431 g/mol. The summed E-state index contributed by atoms with van der Waals surface area (Å²) >= 11 is 0. The van der Waals surface area contributed by atoms with E-state index < -0.39 is 22.7 Å². The molecule has 3 unspecified atom stereocenters. The molecule has 0 aromatic heterocycles. The first-order valence-electron chi connectivity index (χ1n) is 11.2. The number of rotatable bonds is 8. The zero-order valence-electron chi connectivity index (χ0n) is 18.4. The van der Waals surface area contributed by atoms with E-state index >= 15 is 0 Å². The van der Waals surface area contributed by atoms with Crippen LogP contribution in [0.5, 0.6) is 11.5 Å². The van der Waals surface area contributed by atoms with Gasteiger partial charge in [-0.05, 0) is 50.8 Å². The molecule has 0 radical (unpaired) electrons. The van der Waals surface area contributed by atoms with Crippen LogP contribution in [0.1, 0.15) is 37.3 Å². The maximum atomic E-state index is 12.3. The summed E-state index contributed by atoms with van der Waals surface area (Å²) in [6, 6.07) is 3.99. The third kappa shape index (κ3) is 2.84. The first-order valence-corrected chi connectivity index (χ1v) is 11.2. The van der Waals surface area contributed by atoms with Gasteiger partial charge in [-0.25, -0.2) is 0 Å². The number of benzene rings is 1. The van der Waals surface area contributed by atoms with Crippen molar-refractivity contribution < 1.29 is 29.2 Å². The van der Waals surface area contributed by atoms with Crippen LogP contribution in [-0.2, 0) is 21.3 Å². The van der Waals surface area contributed by atoms with E-state index in [0.717, 1.165) is 31.5 Å². The van der Waals surface area contributed by atoms with E-state index in [1.54, 1.807) is 7.11 Å². The first-order chi connectivity index (χ1) is 14.9. The number of likely N-dealkylation sites (tertiary alicyclic amines) is 1. The van der Waals surface area contributed by atoms with Crippen LogP contribution in [0.25, 0.3) is 0 Å². The zero-order chi connectivity index (χ0) is 21.9. The molecule has 170 valence electrons. The minimum Gasteiger partial charge on any atom is -0.482 e. The molecule has 1 saturated heterocycles. The van der Waals surface area contributed by atoms with Gasteiger partial charge < -0.3 is 29.2 Å². The summed E-state index contributed by atoms with van der Waals surface area (Å²) < 4.78 is 22.9. The van der Waals surface area contributed by atoms with Crippen molar-refractivity contribution in [3.05, 3.63) is 35.9 Å². The third-order valence-corrected chi connectivity index (χ3v) is 7.98. The van der Waals surface area contributed by atoms with Crippen LogP contribution in [0.4, 0.5) is 0 Å². The van der Waals surface area contributed by atoms with Crippen LogP contribution < -0.4 is 9.47 Å². The van der Waals surface area contributed by atoms with E-state index in [-0.39, 0.29) is 12.8 Å². The number of hydrogen-bond donors (Lipinski definition) is 2. The molecule has 2 aliphatic carbocycles. The van der Waals surface area contributed by atoms with Crippen molar-refractivity contribution in [1.82, 2.24) is 4.90 Å². The maximum absolute atomic E-state index is 12.3. The van der Waals surface area contributed by atoms with Crippen molar-refractivity contribution in [2.45, 2.75) is 61.4 Å². The van der Waals surface area contributed by atoms with Crippen LogP contribution in [0, 0.1) is 0 Å². The van der Waals surface area contributed by atoms with Crippen molar-refractivity contribution in [2.75, 3.05) is 40.2 Å². The van der Waals surface area contributed by atoms with E-state index in [4.69, 9.17) is 18.9 Å². The van der Waals surface area contributed by atoms with Gasteiger partial charge in [0.2, 0.25) is 0 Å². The Morgan fingerprint density at radius 3 is 2.87 bits per heavy atom. The topological polar surface area (TPSA) is 80.6 Å². The number of piperidine rings is 1. The molecule has 5 atom stereocenters. The quantitative estimate of drug-likeness (QED) is 0.369. The Labute approximate surface area is 183 Å². The Morgan fingerprint density at radius 1 is 1.26 bits per heavy atom. The van der Waals surface area contributed by atoms with Crippen molar-refractivity contribution in [1.29, 1.82) is 0 Å². The van der Waals surface area contributed by atoms with Crippen molar-refractivity contribution >= 4 is 0 Å². The third-order valence-electron chi connectivity index (χ3n) is 7.98. The highest BCUT2D eigenvalue weighted by Crippen LogP contribution is 2.67. The molecule has 1 aromatic carbocycles. The molecule has 2 heterocycles. The summed E-state index contributed by atoms with van der Waals surface area (Å²) in [4.78, 5) is 2.34. The van der Waals surface area contributed by atoms with Crippen molar-refractivity contribution in [2.24, 2.45) is 0 Å². The van der Waals surface area contributed by atoms with Gasteiger partial charge in [0, 0.05) is 25.3 Å². The average Bonchev–Trinajstić information content (AvgIpc) is 3.10. The Kier molecular flexibility index (Phi) is 5.10. The van der Waals surface area contributed by atoms with Crippen molar-refractivity contribution in [3.8, 4) is 11.5 Å². The lowest BCUT2D eigenvalue weighted by molar-refractivity contribution is -0.229. The molecule has 1 saturated carbocycles. The normalized spacial score (nSPS) is 37.8. The molecule has 1 spiro atoms. The van der Waals surface area contributed by atoms with Gasteiger partial charge in [0.15, 0.2) is 18.3 Å². The fourth-order valence-electron chi connectivity index (χ4n) is 6.65. The Morgan fingerprint density at radius 2 is 2.10 bits per heavy atom. The van der Waals surface area contributed by atoms with Crippen LogP contribution in [0.15, 0.2) is 24.8 Å². The van der Waals surface area contributed by atoms with Gasteiger partial charge in [-0.2, -0.15) is 0 Å². The molecule has 0 amide bonds. The molecule has 7 heteroatoms. The van der Waals surface area contributed by atoms with Gasteiger partial charge >= 0.3 is 0 Å². The van der Waals surface area contributed by atoms with Crippen LogP contribution >= 0.6 is 0 Å². The number of methoxy groups -OCH3 is 1. The molecular weight excluding hydrogens is 398 g/mol. The lowest BCUT2D eigenvalue weighted by Gasteiger charge is -2.65. The minimum atomic E-state index is -1.03. The second-order valence-corrected chi connectivity index (χ2v) is 9.59. The fourth-order valence-corrected chi connectivity index (χ4v) is 6.65. The zero-order valence-corrected chi connectivity index (χ0v) is 18.4. The molecule has 2 N–H and O–H groups in total. The maximum Gasteiger partial charge on any atom is 0.189 e. The smallest absolute Gasteiger partial charge is 0.189 e. The van der Waals surface area contributed by atoms with Gasteiger partial charge in [-0.3, -0.25) is 4.90 Å². The van der Waals surface area contributed by atoms with Gasteiger partial charge in [0.05, 0.1) is 29.8 Å². The standard InChI is InChI=1S/C24H33NO6/c1-4-10-25-11-9-23-19-16-5-6-17(30-15-29-13-12-28-3)20(19)31-21(23)22(2,26)7-8-24(23,27)18(25)14-16/h4-6,18,21,26-27H,1,7-15H2,2-3H3/t18?,21?,22-,23?,24+/m0/s1. The van der Waals surface area contributed by atoms with Gasteiger partial charge in [0.25, 0.3) is 0 Å². The predicted molar refractivity (Wildman–Crippen MR) is 115 cm³/mol. The largest absolute Gasteiger partial charge is 0.482 e. The summed E-state index contributed by atoms with van der Waals surface area (Å²) in [6.07, 6.45) is 3.90. The Balaban J connectivity index is 1.57. The van der Waals surface area contributed by atoms with E-state index in [9.17, 15) is 10.2 Å². The lowest BCUT2D eigenvalue weighted by atomic mass is 9.47. The summed E-state index contributed by atoms with van der Waals surface area (Å²) in [7, 11) is 1.63. The van der Waals surface area contributed by atoms with Crippen molar-refractivity contribution in [3.63, 3.8) is 0 Å². The molecule has 4 aliphatic rings. The summed E-state index contributed by atoms with van der Waals surface area (Å²) in [5, 5.41) is 23.6. The van der Waals surface area contributed by atoms with Gasteiger partial charge in [0.1, 0.15) is 6.10 Å². The molecular formula is C24H33NO6. The van der Waals surface area contributed by atoms with E-state index in [2.05, 4.69) is 17.5 Å². The number of hydrogen-bond acceptors (Lipinski definition) is 7. The Bertz CT molecular complexity index is 872. The summed E-state index contributed by atoms with van der Waals surface area (Å²) in [5.41, 5.74) is -0.435. The molecule has 2 aliphatic heterocycles. The summed E-state index contributed by atoms with van der Waals surface area (Å²) in [5.74, 6) is 1.26. The minimum absolute atomic E-state index is 0.0240. The average molecular weight is 432 g/mol. The van der Waals surface area contributed by atoms with Gasteiger partial charge in [-0.1, -0.05) is 12.1 Å². The number of ether oxygens (including phenoxy) is 4. The molecule has 2 fully saturated rings. The molecule has 7 nitrogen and oxygen atoms in total. The number of aliphatic hydroxyl groups is 2. The highest BCUT2D eigenvalue weighted by atomic mass is 16.7. The van der Waals surface area contributed by atoms with Crippen LogP contribution in [-0.4, -0.2) is 78.7 Å². The van der Waals surface area contributed by atoms with E-state index in [1.807, 2.05) is 19.1 Å². The Hall–Kier alpha value is -1.64. The number of nitrogens with zero attached hydrogens (tertiary/aromatic N) is 1. The lowest BCUT2D eigenvalue weighted by Crippen LogP contribution is -2.78. The SMILES string of the molecule is C=CCN1CCC23c4c5ccc(OCOCCOC)c4OC2[C@@](C)(O)CC[C@@]3(O)C1C5. The fraction of sp³-hybridized carbons (Fsp3) is 0.667. The molecule has 5 rings (SSSR count). The molecule has 2 bridgehead atoms. The second-order valence-electron chi connectivity index (χ2n) is 9.59. The molecule has 1 aromatic rings. The van der Waals surface area contributed by atoms with Crippen LogP contribution in [0.2, 0.25) is 0 Å². The molecule has 31 heavy (non-hydrogen) atoms. The predicted octanol–water partition coefficient (Wildman–Crippen LogP) is 1.78. The van der Waals surface area contributed by atoms with E-state index in [1.165, 1.54) is 5.56 Å². The second kappa shape index (κ2) is 7.46. The van der Waals surface area contributed by atoms with E-state index in [0.29, 0.717) is 37.6 Å².